The lowest BCUT2D eigenvalue weighted by molar-refractivity contribution is -0.150. The van der Waals surface area contributed by atoms with E-state index in [-0.39, 0.29) is 12.2 Å². The second kappa shape index (κ2) is 7.66. The zero-order valence-corrected chi connectivity index (χ0v) is 15.6. The van der Waals surface area contributed by atoms with Crippen molar-refractivity contribution in [3.05, 3.63) is 0 Å². The van der Waals surface area contributed by atoms with Gasteiger partial charge in [0.1, 0.15) is 0 Å². The molecule has 0 aromatic carbocycles. The Labute approximate surface area is 138 Å². The summed E-state index contributed by atoms with van der Waals surface area (Å²) >= 11 is 0. The van der Waals surface area contributed by atoms with E-state index in [2.05, 4.69) is 41.5 Å². The number of hydrogen-bond donors (Lipinski definition) is 1. The van der Waals surface area contributed by atoms with E-state index >= 15 is 0 Å². The molecule has 0 aromatic heterocycles. The molecule has 0 bridgehead atoms. The molecule has 2 heteroatoms. The molecule has 2 rings (SSSR count). The van der Waals surface area contributed by atoms with Gasteiger partial charge in [-0.15, -0.1) is 0 Å². The molecule has 2 aliphatic carbocycles. The lowest BCUT2D eigenvalue weighted by Crippen LogP contribution is -2.47. The number of hydrogen-bond acceptors (Lipinski definition) is 2. The molecule has 22 heavy (non-hydrogen) atoms. The van der Waals surface area contributed by atoms with Crippen LogP contribution in [0.2, 0.25) is 0 Å². The van der Waals surface area contributed by atoms with Crippen molar-refractivity contribution in [2.24, 2.45) is 35.5 Å². The molecule has 0 spiro atoms. The van der Waals surface area contributed by atoms with Crippen LogP contribution in [0.15, 0.2) is 0 Å². The van der Waals surface area contributed by atoms with E-state index in [1.807, 2.05) is 0 Å². The van der Waals surface area contributed by atoms with Gasteiger partial charge in [-0.05, 0) is 55.3 Å². The summed E-state index contributed by atoms with van der Waals surface area (Å²) in [6.45, 7) is 13.8. The lowest BCUT2D eigenvalue weighted by atomic mass is 9.72. The largest absolute Gasteiger partial charge is 0.393 e. The summed E-state index contributed by atoms with van der Waals surface area (Å²) in [4.78, 5) is 0. The Hall–Kier alpha value is -0.0800. The molecular formula is C20H38O2. The highest BCUT2D eigenvalue weighted by atomic mass is 16.5. The van der Waals surface area contributed by atoms with Crippen LogP contribution in [0.25, 0.3) is 0 Å². The fourth-order valence-electron chi connectivity index (χ4n) is 4.98. The molecule has 0 heterocycles. The Bertz CT molecular complexity index is 339. The fourth-order valence-corrected chi connectivity index (χ4v) is 4.98. The first-order valence-corrected chi connectivity index (χ1v) is 9.63. The summed E-state index contributed by atoms with van der Waals surface area (Å²) in [6, 6.07) is 0. The van der Waals surface area contributed by atoms with Crippen LogP contribution < -0.4 is 0 Å². The molecule has 2 nitrogen and oxygen atoms in total. The third-order valence-corrected chi connectivity index (χ3v) is 6.23. The van der Waals surface area contributed by atoms with Crippen molar-refractivity contribution in [3.8, 4) is 0 Å². The van der Waals surface area contributed by atoms with Gasteiger partial charge in [-0.2, -0.15) is 0 Å². The van der Waals surface area contributed by atoms with Crippen molar-refractivity contribution in [3.63, 3.8) is 0 Å². The van der Waals surface area contributed by atoms with Crippen LogP contribution >= 0.6 is 0 Å². The van der Waals surface area contributed by atoms with E-state index in [0.717, 1.165) is 18.8 Å². The summed E-state index contributed by atoms with van der Waals surface area (Å²) in [5, 5.41) is 10.6. The average molecular weight is 311 g/mol. The highest BCUT2D eigenvalue weighted by Crippen LogP contribution is 2.41. The maximum atomic E-state index is 10.6. The summed E-state index contributed by atoms with van der Waals surface area (Å²) in [5.41, 5.74) is 0. The van der Waals surface area contributed by atoms with Gasteiger partial charge in [-0.25, -0.2) is 0 Å². The maximum absolute atomic E-state index is 10.6. The second-order valence-electron chi connectivity index (χ2n) is 9.00. The van der Waals surface area contributed by atoms with Crippen LogP contribution in [0.3, 0.4) is 0 Å². The molecule has 0 radical (unpaired) electrons. The molecule has 0 aliphatic heterocycles. The highest BCUT2D eigenvalue weighted by Gasteiger charge is 2.41. The van der Waals surface area contributed by atoms with Crippen molar-refractivity contribution in [1.29, 1.82) is 0 Å². The molecule has 2 saturated carbocycles. The van der Waals surface area contributed by atoms with Crippen molar-refractivity contribution >= 4 is 0 Å². The molecule has 2 aliphatic rings. The number of ether oxygens (including phenoxy) is 1. The van der Waals surface area contributed by atoms with Gasteiger partial charge in [0.2, 0.25) is 0 Å². The first-order chi connectivity index (χ1) is 10.3. The lowest BCUT2D eigenvalue weighted by Gasteiger charge is -2.45. The van der Waals surface area contributed by atoms with Gasteiger partial charge >= 0.3 is 0 Å². The standard InChI is InChI=1S/C20H38O2/c1-12(2)16-8-7-14(5)10-18(16)22-19-11-15(6)9-17(21)20(19)13(3)4/h12-21H,7-11H2,1-6H3/t14-,15-,16+,17-,18+,19?,20-/m0/s1. The number of rotatable bonds is 4. The van der Waals surface area contributed by atoms with Gasteiger partial charge in [-0.1, -0.05) is 48.0 Å². The second-order valence-corrected chi connectivity index (χ2v) is 9.00. The predicted octanol–water partition coefficient (Wildman–Crippen LogP) is 4.90. The minimum Gasteiger partial charge on any atom is -0.393 e. The van der Waals surface area contributed by atoms with Crippen molar-refractivity contribution in [1.82, 2.24) is 0 Å². The molecule has 2 fully saturated rings. The molecular weight excluding hydrogens is 272 g/mol. The number of aliphatic hydroxyl groups excluding tert-OH is 1. The van der Waals surface area contributed by atoms with Crippen molar-refractivity contribution < 1.29 is 9.84 Å². The van der Waals surface area contributed by atoms with E-state index in [1.54, 1.807) is 0 Å². The predicted molar refractivity (Wildman–Crippen MR) is 92.7 cm³/mol. The van der Waals surface area contributed by atoms with Gasteiger partial charge in [0, 0.05) is 5.92 Å². The van der Waals surface area contributed by atoms with Crippen LogP contribution in [0.1, 0.15) is 73.6 Å². The highest BCUT2D eigenvalue weighted by molar-refractivity contribution is 4.90. The van der Waals surface area contributed by atoms with Gasteiger partial charge in [0.15, 0.2) is 0 Å². The minimum absolute atomic E-state index is 0.188. The van der Waals surface area contributed by atoms with Crippen LogP contribution in [0.5, 0.6) is 0 Å². The van der Waals surface area contributed by atoms with Crippen LogP contribution in [-0.4, -0.2) is 23.4 Å². The monoisotopic (exact) mass is 310 g/mol. The number of aliphatic hydroxyl groups is 1. The maximum Gasteiger partial charge on any atom is 0.0636 e. The molecule has 0 aromatic rings. The summed E-state index contributed by atoms with van der Waals surface area (Å²) in [7, 11) is 0. The Morgan fingerprint density at radius 3 is 2.05 bits per heavy atom. The van der Waals surface area contributed by atoms with Gasteiger partial charge in [0.05, 0.1) is 18.3 Å². The third-order valence-electron chi connectivity index (χ3n) is 6.23. The van der Waals surface area contributed by atoms with Crippen LogP contribution in [0, 0.1) is 35.5 Å². The third kappa shape index (κ3) is 4.26. The molecule has 7 atom stereocenters. The summed E-state index contributed by atoms with van der Waals surface area (Å²) in [6.07, 6.45) is 6.37. The molecule has 1 unspecified atom stereocenters. The molecule has 130 valence electrons. The fraction of sp³-hybridized carbons (Fsp3) is 1.00. The van der Waals surface area contributed by atoms with Gasteiger partial charge < -0.3 is 9.84 Å². The van der Waals surface area contributed by atoms with E-state index in [4.69, 9.17) is 4.74 Å². The Balaban J connectivity index is 2.10. The van der Waals surface area contributed by atoms with E-state index in [0.29, 0.717) is 35.7 Å². The quantitative estimate of drug-likeness (QED) is 0.800. The average Bonchev–Trinajstić information content (AvgIpc) is 2.36. The first kappa shape index (κ1) is 18.3. The van der Waals surface area contributed by atoms with Crippen molar-refractivity contribution in [2.75, 3.05) is 0 Å². The van der Waals surface area contributed by atoms with Crippen molar-refractivity contribution in [2.45, 2.75) is 92.0 Å². The molecule has 0 amide bonds. The van der Waals surface area contributed by atoms with E-state index in [1.165, 1.54) is 19.3 Å². The smallest absolute Gasteiger partial charge is 0.0636 e. The Kier molecular flexibility index (Phi) is 6.36. The van der Waals surface area contributed by atoms with Gasteiger partial charge in [-0.3, -0.25) is 0 Å². The Morgan fingerprint density at radius 2 is 1.45 bits per heavy atom. The van der Waals surface area contributed by atoms with Gasteiger partial charge in [0.25, 0.3) is 0 Å². The zero-order chi connectivity index (χ0) is 16.4. The zero-order valence-electron chi connectivity index (χ0n) is 15.6. The normalized spacial score (nSPS) is 43.8. The topological polar surface area (TPSA) is 29.5 Å². The minimum atomic E-state index is -0.188. The first-order valence-electron chi connectivity index (χ1n) is 9.63. The SMILES string of the molecule is CC(C)[C@@H]1C(O[C@@H]2C[C@@H](C)CC[C@@H]2C(C)C)C[C@@H](C)C[C@@H]1O. The summed E-state index contributed by atoms with van der Waals surface area (Å²) < 4.78 is 6.73. The van der Waals surface area contributed by atoms with Crippen LogP contribution in [-0.2, 0) is 4.74 Å². The van der Waals surface area contributed by atoms with E-state index < -0.39 is 0 Å². The van der Waals surface area contributed by atoms with Crippen LogP contribution in [0.4, 0.5) is 0 Å². The molecule has 1 N–H and O–H groups in total. The molecule has 0 saturated heterocycles. The summed E-state index contributed by atoms with van der Waals surface area (Å²) in [5.74, 6) is 3.54. The Morgan fingerprint density at radius 1 is 0.818 bits per heavy atom. The van der Waals surface area contributed by atoms with E-state index in [9.17, 15) is 5.11 Å².